The van der Waals surface area contributed by atoms with Gasteiger partial charge in [-0.2, -0.15) is 13.2 Å². The van der Waals surface area contributed by atoms with Crippen LogP contribution in [-0.4, -0.2) is 34.9 Å². The molecule has 1 aliphatic heterocycles. The summed E-state index contributed by atoms with van der Waals surface area (Å²) in [7, 11) is 3.16. The second-order valence-corrected chi connectivity index (χ2v) is 8.93. The number of nitrogens with zero attached hydrogens (tertiary/aromatic N) is 6. The van der Waals surface area contributed by atoms with Crippen LogP contribution in [-0.2, 0) is 26.8 Å². The van der Waals surface area contributed by atoms with Crippen molar-refractivity contribution in [3.05, 3.63) is 71.7 Å². The zero-order valence-corrected chi connectivity index (χ0v) is 20.3. The highest BCUT2D eigenvalue weighted by Crippen LogP contribution is 2.46. The Morgan fingerprint density at radius 2 is 1.74 bits per heavy atom. The summed E-state index contributed by atoms with van der Waals surface area (Å²) in [6.07, 6.45) is -5.94. The van der Waals surface area contributed by atoms with Gasteiger partial charge in [-0.3, -0.25) is 9.98 Å². The molecular formula is C25H18F5N7O2. The monoisotopic (exact) mass is 543 g/mol. The van der Waals surface area contributed by atoms with Gasteiger partial charge in [0.05, 0.1) is 18.3 Å². The van der Waals surface area contributed by atoms with Crippen LogP contribution in [0, 0.1) is 5.41 Å². The summed E-state index contributed by atoms with van der Waals surface area (Å²) < 4.78 is 80.2. The van der Waals surface area contributed by atoms with E-state index < -0.39 is 18.2 Å². The lowest BCUT2D eigenvalue weighted by molar-refractivity contribution is -0.286. The lowest BCUT2D eigenvalue weighted by atomic mass is 10.1. The average Bonchev–Trinajstić information content (AvgIpc) is 3.50. The first kappa shape index (κ1) is 24.6. The molecule has 0 bridgehead atoms. The Balaban J connectivity index is 1.36. The number of hydrogen-bond acceptors (Lipinski definition) is 6. The second kappa shape index (κ2) is 8.38. The van der Waals surface area contributed by atoms with Crippen molar-refractivity contribution in [2.45, 2.75) is 19.0 Å². The Morgan fingerprint density at radius 1 is 1.00 bits per heavy atom. The molecule has 3 aromatic heterocycles. The van der Waals surface area contributed by atoms with Crippen LogP contribution in [0.2, 0.25) is 0 Å². The summed E-state index contributed by atoms with van der Waals surface area (Å²) in [5, 5.41) is 8.58. The predicted molar refractivity (Wildman–Crippen MR) is 127 cm³/mol. The molecule has 1 N–H and O–H groups in total. The van der Waals surface area contributed by atoms with Crippen LogP contribution in [0.15, 0.2) is 54.9 Å². The summed E-state index contributed by atoms with van der Waals surface area (Å²) in [5.41, 5.74) is 1.46. The van der Waals surface area contributed by atoms with Crippen LogP contribution in [0.25, 0.3) is 33.9 Å². The van der Waals surface area contributed by atoms with Crippen molar-refractivity contribution in [1.82, 2.24) is 28.7 Å². The number of halogens is 5. The molecule has 0 amide bonds. The lowest BCUT2D eigenvalue weighted by Gasteiger charge is -2.08. The molecule has 6 rings (SSSR count). The van der Waals surface area contributed by atoms with Gasteiger partial charge in [0.2, 0.25) is 5.62 Å². The molecule has 0 spiro atoms. The normalized spacial score (nSPS) is 14.3. The van der Waals surface area contributed by atoms with Crippen molar-refractivity contribution in [2.75, 3.05) is 0 Å². The van der Waals surface area contributed by atoms with Crippen LogP contribution in [0.5, 0.6) is 11.5 Å². The van der Waals surface area contributed by atoms with Gasteiger partial charge in [-0.05, 0) is 17.7 Å². The Bertz CT molecular complexity index is 1800. The fourth-order valence-electron chi connectivity index (χ4n) is 4.43. The summed E-state index contributed by atoms with van der Waals surface area (Å²) >= 11 is 0. The van der Waals surface area contributed by atoms with Gasteiger partial charge in [-0.15, -0.1) is 8.78 Å². The van der Waals surface area contributed by atoms with E-state index in [0.29, 0.717) is 16.7 Å². The number of fused-ring (bicyclic) bond motifs is 2. The minimum atomic E-state index is -4.55. The van der Waals surface area contributed by atoms with Gasteiger partial charge < -0.3 is 18.6 Å². The fraction of sp³-hybridized carbons (Fsp3) is 0.200. The van der Waals surface area contributed by atoms with Gasteiger partial charge in [0.1, 0.15) is 11.3 Å². The zero-order chi connectivity index (χ0) is 27.7. The van der Waals surface area contributed by atoms with Crippen LogP contribution < -0.4 is 15.1 Å². The third-order valence-corrected chi connectivity index (χ3v) is 6.33. The number of nitrogens with one attached hydrogen (secondary N) is 1. The van der Waals surface area contributed by atoms with Crippen molar-refractivity contribution in [3.63, 3.8) is 0 Å². The van der Waals surface area contributed by atoms with E-state index in [2.05, 4.69) is 24.4 Å². The number of aromatic nitrogens is 6. The van der Waals surface area contributed by atoms with Gasteiger partial charge in [0, 0.05) is 25.9 Å². The first-order valence-corrected chi connectivity index (χ1v) is 11.5. The Labute approximate surface area is 216 Å². The van der Waals surface area contributed by atoms with Crippen LogP contribution in [0.4, 0.5) is 22.0 Å². The molecule has 0 radical (unpaired) electrons. The highest BCUT2D eigenvalue weighted by molar-refractivity contribution is 5.76. The molecule has 4 heterocycles. The average molecular weight is 543 g/mol. The second-order valence-electron chi connectivity index (χ2n) is 8.93. The molecule has 14 heteroatoms. The number of alkyl halides is 5. The Kier molecular flexibility index (Phi) is 5.28. The van der Waals surface area contributed by atoms with E-state index in [1.54, 1.807) is 40.4 Å². The van der Waals surface area contributed by atoms with E-state index in [1.165, 1.54) is 36.0 Å². The molecule has 0 aliphatic carbocycles. The molecule has 0 saturated carbocycles. The standard InChI is InChI=1S/C25H18F5N7O2/c1-35-12-18(24(26,27)28)33-21(35)14-8-6-13(7-9-14)11-37-22-16(36(2)23(37)31)10-32-20(34-22)15-4-3-5-17-19(15)39-25(29,30)38-17/h3-10,12,31H,11H2,1-2H3. The fourth-order valence-corrected chi connectivity index (χ4v) is 4.43. The summed E-state index contributed by atoms with van der Waals surface area (Å²) in [4.78, 5) is 12.6. The van der Waals surface area contributed by atoms with Gasteiger partial charge in [-0.1, -0.05) is 30.3 Å². The quantitative estimate of drug-likeness (QED) is 0.332. The van der Waals surface area contributed by atoms with E-state index in [-0.39, 0.29) is 40.9 Å². The van der Waals surface area contributed by atoms with Crippen molar-refractivity contribution in [2.24, 2.45) is 14.1 Å². The van der Waals surface area contributed by atoms with Crippen LogP contribution >= 0.6 is 0 Å². The van der Waals surface area contributed by atoms with E-state index in [9.17, 15) is 22.0 Å². The number of para-hydroxylation sites is 1. The molecule has 1 aliphatic rings. The van der Waals surface area contributed by atoms with E-state index >= 15 is 0 Å². The summed E-state index contributed by atoms with van der Waals surface area (Å²) in [5.74, 6) is -0.0597. The first-order chi connectivity index (χ1) is 18.4. The molecule has 0 saturated heterocycles. The number of imidazole rings is 2. The SMILES string of the molecule is Cn1cc(C(F)(F)F)nc1-c1ccc(Cn2c(=N)n(C)c3cnc(-c4cccc5c4OC(F)(F)O5)nc32)cc1. The molecule has 2 aromatic carbocycles. The molecule has 5 aromatic rings. The van der Waals surface area contributed by atoms with Gasteiger partial charge in [0.15, 0.2) is 28.7 Å². The molecule has 0 fully saturated rings. The first-order valence-electron chi connectivity index (χ1n) is 11.5. The van der Waals surface area contributed by atoms with Crippen molar-refractivity contribution < 1.29 is 31.4 Å². The summed E-state index contributed by atoms with van der Waals surface area (Å²) in [6.45, 7) is 0.200. The number of ether oxygens (including phenoxy) is 2. The van der Waals surface area contributed by atoms with Crippen molar-refractivity contribution in [1.29, 1.82) is 5.41 Å². The molecule has 9 nitrogen and oxygen atoms in total. The number of benzene rings is 2. The van der Waals surface area contributed by atoms with Crippen molar-refractivity contribution in [3.8, 4) is 34.3 Å². The number of rotatable bonds is 4. The van der Waals surface area contributed by atoms with Gasteiger partial charge >= 0.3 is 12.5 Å². The number of aryl methyl sites for hydroxylation is 2. The molecule has 200 valence electrons. The minimum Gasteiger partial charge on any atom is -0.395 e. The summed E-state index contributed by atoms with van der Waals surface area (Å²) in [6, 6.07) is 11.1. The maximum atomic E-state index is 13.7. The maximum Gasteiger partial charge on any atom is 0.586 e. The number of hydrogen-bond donors (Lipinski definition) is 1. The van der Waals surface area contributed by atoms with Crippen LogP contribution in [0.3, 0.4) is 0 Å². The highest BCUT2D eigenvalue weighted by Gasteiger charge is 2.45. The topological polar surface area (TPSA) is 95.8 Å². The Hall–Kier alpha value is -4.75. The maximum absolute atomic E-state index is 13.7. The smallest absolute Gasteiger partial charge is 0.395 e. The van der Waals surface area contributed by atoms with E-state index in [4.69, 9.17) is 5.41 Å². The Morgan fingerprint density at radius 3 is 2.44 bits per heavy atom. The van der Waals surface area contributed by atoms with E-state index in [1.807, 2.05) is 0 Å². The van der Waals surface area contributed by atoms with Gasteiger partial charge in [0.25, 0.3) is 0 Å². The van der Waals surface area contributed by atoms with Crippen LogP contribution in [0.1, 0.15) is 11.3 Å². The zero-order valence-electron chi connectivity index (χ0n) is 20.3. The predicted octanol–water partition coefficient (Wildman–Crippen LogP) is 4.71. The molecular weight excluding hydrogens is 525 g/mol. The highest BCUT2D eigenvalue weighted by atomic mass is 19.4. The third-order valence-electron chi connectivity index (χ3n) is 6.33. The van der Waals surface area contributed by atoms with Crippen molar-refractivity contribution >= 4 is 11.2 Å². The third kappa shape index (κ3) is 4.17. The minimum absolute atomic E-state index is 0.101. The lowest BCUT2D eigenvalue weighted by Crippen LogP contribution is -2.26. The van der Waals surface area contributed by atoms with Gasteiger partial charge in [-0.25, -0.2) is 15.0 Å². The molecule has 0 atom stereocenters. The largest absolute Gasteiger partial charge is 0.586 e. The van der Waals surface area contributed by atoms with E-state index in [0.717, 1.165) is 11.8 Å². The molecule has 39 heavy (non-hydrogen) atoms. The molecule has 0 unspecified atom stereocenters.